The van der Waals surface area contributed by atoms with E-state index in [0.717, 1.165) is 12.3 Å². The lowest BCUT2D eigenvalue weighted by Gasteiger charge is -2.37. The molecule has 0 spiro atoms. The molecule has 0 radical (unpaired) electrons. The highest BCUT2D eigenvalue weighted by Gasteiger charge is 2.23. The van der Waals surface area contributed by atoms with E-state index in [1.807, 2.05) is 7.05 Å². The molecule has 0 atom stereocenters. The molecule has 124 valence electrons. The molecule has 2 rings (SSSR count). The van der Waals surface area contributed by atoms with Gasteiger partial charge in [0.1, 0.15) is 5.75 Å². The van der Waals surface area contributed by atoms with Gasteiger partial charge in [0.2, 0.25) is 0 Å². The molecule has 1 aromatic carbocycles. The van der Waals surface area contributed by atoms with Crippen molar-refractivity contribution >= 4 is 5.69 Å². The summed E-state index contributed by atoms with van der Waals surface area (Å²) in [6, 6.07) is 7.19. The van der Waals surface area contributed by atoms with Crippen molar-refractivity contribution in [2.24, 2.45) is 0 Å². The maximum absolute atomic E-state index is 6.09. The van der Waals surface area contributed by atoms with E-state index in [0.29, 0.717) is 6.04 Å². The van der Waals surface area contributed by atoms with Crippen molar-refractivity contribution in [3.05, 3.63) is 23.8 Å². The summed E-state index contributed by atoms with van der Waals surface area (Å²) in [7, 11) is 6.38. The van der Waals surface area contributed by atoms with Crippen LogP contribution >= 0.6 is 0 Å². The van der Waals surface area contributed by atoms with Gasteiger partial charge >= 0.3 is 0 Å². The maximum Gasteiger partial charge on any atom is 0.143 e. The second-order valence-corrected chi connectivity index (χ2v) is 6.64. The lowest BCUT2D eigenvalue weighted by molar-refractivity contribution is 0.237. The predicted octanol–water partition coefficient (Wildman–Crippen LogP) is 2.72. The zero-order valence-electron chi connectivity index (χ0n) is 14.7. The van der Waals surface area contributed by atoms with Crippen LogP contribution in [0, 0.1) is 0 Å². The Morgan fingerprint density at radius 2 is 2.00 bits per heavy atom. The first-order valence-electron chi connectivity index (χ1n) is 8.36. The minimum Gasteiger partial charge on any atom is -0.489 e. The highest BCUT2D eigenvalue weighted by atomic mass is 16.5. The zero-order chi connectivity index (χ0) is 16.1. The van der Waals surface area contributed by atoms with Crippen LogP contribution in [0.1, 0.15) is 32.3 Å². The third-order valence-corrected chi connectivity index (χ3v) is 4.38. The van der Waals surface area contributed by atoms with E-state index < -0.39 is 0 Å². The summed E-state index contributed by atoms with van der Waals surface area (Å²) >= 11 is 0. The first kappa shape index (κ1) is 17.1. The minimum atomic E-state index is 0.189. The van der Waals surface area contributed by atoms with Gasteiger partial charge in [0.25, 0.3) is 0 Å². The molecule has 1 aromatic rings. The SMILES string of the molecule is CNCc1ccc(N(C)C2CCN(C)CC2)c(OC(C)C)c1. The lowest BCUT2D eigenvalue weighted by Crippen LogP contribution is -2.42. The molecule has 0 amide bonds. The van der Waals surface area contributed by atoms with Gasteiger partial charge in [0.15, 0.2) is 0 Å². The van der Waals surface area contributed by atoms with Gasteiger partial charge in [-0.3, -0.25) is 0 Å². The molecular formula is C18H31N3O. The topological polar surface area (TPSA) is 27.7 Å². The summed E-state index contributed by atoms with van der Waals surface area (Å²) in [6.45, 7) is 7.39. The first-order chi connectivity index (χ1) is 10.5. The van der Waals surface area contributed by atoms with Gasteiger partial charge in [0, 0.05) is 19.6 Å². The van der Waals surface area contributed by atoms with Gasteiger partial charge in [0.05, 0.1) is 11.8 Å². The number of piperidine rings is 1. The van der Waals surface area contributed by atoms with Crippen molar-refractivity contribution in [1.82, 2.24) is 10.2 Å². The molecular weight excluding hydrogens is 274 g/mol. The minimum absolute atomic E-state index is 0.189. The summed E-state index contributed by atoms with van der Waals surface area (Å²) in [6.07, 6.45) is 2.62. The Morgan fingerprint density at radius 3 is 2.59 bits per heavy atom. The Labute approximate surface area is 135 Å². The van der Waals surface area contributed by atoms with Crippen molar-refractivity contribution in [2.75, 3.05) is 39.1 Å². The summed E-state index contributed by atoms with van der Waals surface area (Å²) in [5, 5.41) is 3.21. The van der Waals surface area contributed by atoms with Crippen LogP contribution in [0.15, 0.2) is 18.2 Å². The van der Waals surface area contributed by atoms with Crippen molar-refractivity contribution in [3.8, 4) is 5.75 Å². The molecule has 4 heteroatoms. The van der Waals surface area contributed by atoms with E-state index in [2.05, 4.69) is 61.3 Å². The normalized spacial score (nSPS) is 17.0. The average Bonchev–Trinajstić information content (AvgIpc) is 2.47. The van der Waals surface area contributed by atoms with Gasteiger partial charge in [-0.15, -0.1) is 0 Å². The first-order valence-corrected chi connectivity index (χ1v) is 8.36. The van der Waals surface area contributed by atoms with Crippen LogP contribution in [-0.2, 0) is 6.54 Å². The van der Waals surface area contributed by atoms with Gasteiger partial charge in [-0.05, 0) is 71.6 Å². The van der Waals surface area contributed by atoms with E-state index in [9.17, 15) is 0 Å². The van der Waals surface area contributed by atoms with Gasteiger partial charge in [-0.1, -0.05) is 6.07 Å². The Bertz CT molecular complexity index is 467. The fourth-order valence-corrected chi connectivity index (χ4v) is 3.09. The summed E-state index contributed by atoms with van der Waals surface area (Å²) in [4.78, 5) is 4.82. The molecule has 1 heterocycles. The van der Waals surface area contributed by atoms with Gasteiger partial charge in [-0.25, -0.2) is 0 Å². The zero-order valence-corrected chi connectivity index (χ0v) is 14.7. The number of rotatable bonds is 6. The van der Waals surface area contributed by atoms with E-state index in [1.165, 1.54) is 37.2 Å². The third kappa shape index (κ3) is 4.37. The van der Waals surface area contributed by atoms with Crippen LogP contribution in [-0.4, -0.2) is 51.3 Å². The summed E-state index contributed by atoms with van der Waals surface area (Å²) in [5.74, 6) is 1.00. The van der Waals surface area contributed by atoms with Gasteiger partial charge < -0.3 is 19.9 Å². The van der Waals surface area contributed by atoms with Crippen molar-refractivity contribution in [2.45, 2.75) is 45.4 Å². The average molecular weight is 305 g/mol. The molecule has 1 fully saturated rings. The molecule has 0 unspecified atom stereocenters. The fraction of sp³-hybridized carbons (Fsp3) is 0.667. The smallest absolute Gasteiger partial charge is 0.143 e. The summed E-state index contributed by atoms with van der Waals surface area (Å²) < 4.78 is 6.09. The Hall–Kier alpha value is -1.26. The van der Waals surface area contributed by atoms with Crippen molar-refractivity contribution in [1.29, 1.82) is 0 Å². The lowest BCUT2D eigenvalue weighted by atomic mass is 10.0. The molecule has 1 N–H and O–H groups in total. The molecule has 0 aromatic heterocycles. The Morgan fingerprint density at radius 1 is 1.32 bits per heavy atom. The molecule has 0 saturated carbocycles. The van der Waals surface area contributed by atoms with Crippen LogP contribution < -0.4 is 15.0 Å². The standard InChI is InChI=1S/C18H31N3O/c1-14(2)22-18-12-15(13-19-3)6-7-17(18)21(5)16-8-10-20(4)11-9-16/h6-7,12,14,16,19H,8-11,13H2,1-5H3. The number of anilines is 1. The van der Waals surface area contributed by atoms with Gasteiger partial charge in [-0.2, -0.15) is 0 Å². The second kappa shape index (κ2) is 7.84. The predicted molar refractivity (Wildman–Crippen MR) is 93.9 cm³/mol. The molecule has 0 bridgehead atoms. The molecule has 1 aliphatic heterocycles. The number of hydrogen-bond acceptors (Lipinski definition) is 4. The van der Waals surface area contributed by atoms with Crippen LogP contribution in [0.4, 0.5) is 5.69 Å². The van der Waals surface area contributed by atoms with Crippen LogP contribution in [0.3, 0.4) is 0 Å². The Kier molecular flexibility index (Phi) is 6.09. The Balaban J connectivity index is 2.20. The van der Waals surface area contributed by atoms with Crippen LogP contribution in [0.2, 0.25) is 0 Å². The number of nitrogens with one attached hydrogen (secondary N) is 1. The van der Waals surface area contributed by atoms with E-state index in [4.69, 9.17) is 4.74 Å². The third-order valence-electron chi connectivity index (χ3n) is 4.38. The largest absolute Gasteiger partial charge is 0.489 e. The quantitative estimate of drug-likeness (QED) is 0.874. The number of nitrogens with zero attached hydrogens (tertiary/aromatic N) is 2. The van der Waals surface area contributed by atoms with E-state index >= 15 is 0 Å². The molecule has 1 aliphatic rings. The highest BCUT2D eigenvalue weighted by Crippen LogP contribution is 2.33. The van der Waals surface area contributed by atoms with Crippen LogP contribution in [0.25, 0.3) is 0 Å². The number of hydrogen-bond donors (Lipinski definition) is 1. The molecule has 1 saturated heterocycles. The second-order valence-electron chi connectivity index (χ2n) is 6.64. The maximum atomic E-state index is 6.09. The number of likely N-dealkylation sites (tertiary alicyclic amines) is 1. The number of benzene rings is 1. The molecule has 0 aliphatic carbocycles. The van der Waals surface area contributed by atoms with Crippen LogP contribution in [0.5, 0.6) is 5.75 Å². The summed E-state index contributed by atoms with van der Waals surface area (Å²) in [5.41, 5.74) is 2.47. The number of ether oxygens (including phenoxy) is 1. The van der Waals surface area contributed by atoms with Crippen molar-refractivity contribution in [3.63, 3.8) is 0 Å². The fourth-order valence-electron chi connectivity index (χ4n) is 3.09. The van der Waals surface area contributed by atoms with Crippen molar-refractivity contribution < 1.29 is 4.74 Å². The molecule has 22 heavy (non-hydrogen) atoms. The van der Waals surface area contributed by atoms with E-state index in [-0.39, 0.29) is 6.10 Å². The highest BCUT2D eigenvalue weighted by molar-refractivity contribution is 5.60. The monoisotopic (exact) mass is 305 g/mol. The van der Waals surface area contributed by atoms with E-state index in [1.54, 1.807) is 0 Å². The molecule has 4 nitrogen and oxygen atoms in total.